The fourth-order valence-electron chi connectivity index (χ4n) is 3.71. The van der Waals surface area contributed by atoms with Gasteiger partial charge in [-0.2, -0.15) is 5.10 Å². The Morgan fingerprint density at radius 3 is 2.57 bits per heavy atom. The van der Waals surface area contributed by atoms with Crippen molar-refractivity contribution in [1.82, 2.24) is 20.5 Å². The predicted octanol–water partition coefficient (Wildman–Crippen LogP) is 2.71. The van der Waals surface area contributed by atoms with Crippen molar-refractivity contribution in [3.05, 3.63) is 70.7 Å². The minimum Gasteiger partial charge on any atom is -0.371 e. The molecule has 0 atom stereocenters. The lowest BCUT2D eigenvalue weighted by molar-refractivity contribution is 0.416. The van der Waals surface area contributed by atoms with Crippen molar-refractivity contribution < 1.29 is 4.39 Å². The van der Waals surface area contributed by atoms with Gasteiger partial charge in [-0.3, -0.25) is 4.98 Å². The van der Waals surface area contributed by atoms with Gasteiger partial charge in [0.1, 0.15) is 11.6 Å². The summed E-state index contributed by atoms with van der Waals surface area (Å²) in [6.45, 7) is 2.74. The Bertz CT molecular complexity index is 974. The Labute approximate surface area is 162 Å². The van der Waals surface area contributed by atoms with E-state index in [1.54, 1.807) is 12.1 Å². The van der Waals surface area contributed by atoms with Crippen LogP contribution < -0.4 is 15.9 Å². The number of aromatic nitrogens is 3. The molecule has 0 bridgehead atoms. The van der Waals surface area contributed by atoms with Crippen LogP contribution in [-0.2, 0) is 6.42 Å². The van der Waals surface area contributed by atoms with Crippen LogP contribution in [0.3, 0.4) is 0 Å². The van der Waals surface area contributed by atoms with Crippen molar-refractivity contribution >= 4 is 5.69 Å². The summed E-state index contributed by atoms with van der Waals surface area (Å²) in [4.78, 5) is 16.1. The van der Waals surface area contributed by atoms with E-state index in [0.29, 0.717) is 18.3 Å². The highest BCUT2D eigenvalue weighted by Crippen LogP contribution is 2.27. The molecule has 1 aliphatic rings. The molecule has 3 aromatic rings. The van der Waals surface area contributed by atoms with Gasteiger partial charge in [-0.25, -0.2) is 14.3 Å². The van der Waals surface area contributed by atoms with Crippen LogP contribution in [0.25, 0.3) is 11.1 Å². The number of hydrogen-bond acceptors (Lipinski definition) is 4. The van der Waals surface area contributed by atoms with E-state index in [1.807, 2.05) is 18.2 Å². The standard InChI is InChI=1S/C21H24FN5O/c22-17-5-1-3-15(13-17)16-4-2-6-19(14-16)27-11-8-18(9-12-27)23-10-7-20-24-21(28)26-25-20/h1-6,13-14,18,23H,7-12H2,(H2,24,25,26,28). The average molecular weight is 381 g/mol. The summed E-state index contributed by atoms with van der Waals surface area (Å²) in [7, 11) is 0. The first-order valence-electron chi connectivity index (χ1n) is 9.65. The number of H-pyrrole nitrogens is 2. The summed E-state index contributed by atoms with van der Waals surface area (Å²) in [5.41, 5.74) is 2.85. The largest absolute Gasteiger partial charge is 0.371 e. The van der Waals surface area contributed by atoms with Gasteiger partial charge in [0.25, 0.3) is 0 Å². The van der Waals surface area contributed by atoms with Crippen molar-refractivity contribution in [3.8, 4) is 11.1 Å². The summed E-state index contributed by atoms with van der Waals surface area (Å²) in [5, 5.41) is 9.86. The second-order valence-electron chi connectivity index (χ2n) is 7.15. The molecule has 2 aromatic carbocycles. The molecule has 0 unspecified atom stereocenters. The van der Waals surface area contributed by atoms with E-state index in [9.17, 15) is 9.18 Å². The van der Waals surface area contributed by atoms with Crippen molar-refractivity contribution in [2.75, 3.05) is 24.5 Å². The first-order chi connectivity index (χ1) is 13.7. The minimum atomic E-state index is -0.260. The quantitative estimate of drug-likeness (QED) is 0.614. The Balaban J connectivity index is 1.31. The molecule has 28 heavy (non-hydrogen) atoms. The molecule has 4 rings (SSSR count). The first-order valence-corrected chi connectivity index (χ1v) is 9.65. The monoisotopic (exact) mass is 381 g/mol. The highest BCUT2D eigenvalue weighted by molar-refractivity contribution is 5.68. The summed E-state index contributed by atoms with van der Waals surface area (Å²) in [5.74, 6) is 0.470. The first kappa shape index (κ1) is 18.4. The number of aromatic amines is 2. The molecular weight excluding hydrogens is 357 g/mol. The van der Waals surface area contributed by atoms with Gasteiger partial charge in [0, 0.05) is 37.8 Å². The van der Waals surface area contributed by atoms with Crippen LogP contribution in [0.1, 0.15) is 18.7 Å². The molecule has 0 spiro atoms. The lowest BCUT2D eigenvalue weighted by atomic mass is 10.0. The molecular formula is C21H24FN5O. The van der Waals surface area contributed by atoms with E-state index in [-0.39, 0.29) is 11.5 Å². The van der Waals surface area contributed by atoms with Gasteiger partial charge in [-0.1, -0.05) is 24.3 Å². The molecule has 1 saturated heterocycles. The SMILES string of the molecule is O=c1[nH]nc(CCNC2CCN(c3cccc(-c4cccc(F)c4)c3)CC2)[nH]1. The van der Waals surface area contributed by atoms with Gasteiger partial charge >= 0.3 is 5.69 Å². The molecule has 2 heterocycles. The van der Waals surface area contributed by atoms with Crippen molar-refractivity contribution in [2.24, 2.45) is 0 Å². The van der Waals surface area contributed by atoms with Crippen LogP contribution in [0.2, 0.25) is 0 Å². The highest BCUT2D eigenvalue weighted by atomic mass is 19.1. The van der Waals surface area contributed by atoms with Crippen molar-refractivity contribution in [3.63, 3.8) is 0 Å². The summed E-state index contributed by atoms with van der Waals surface area (Å²) in [6.07, 6.45) is 2.82. The summed E-state index contributed by atoms with van der Waals surface area (Å²) >= 11 is 0. The van der Waals surface area contributed by atoms with Crippen molar-refractivity contribution in [2.45, 2.75) is 25.3 Å². The topological polar surface area (TPSA) is 76.8 Å². The third-order valence-electron chi connectivity index (χ3n) is 5.21. The molecule has 1 aromatic heterocycles. The number of piperidine rings is 1. The maximum atomic E-state index is 13.5. The fourth-order valence-corrected chi connectivity index (χ4v) is 3.71. The molecule has 0 saturated carbocycles. The zero-order chi connectivity index (χ0) is 19.3. The zero-order valence-electron chi connectivity index (χ0n) is 15.6. The number of nitrogens with one attached hydrogen (secondary N) is 3. The zero-order valence-corrected chi connectivity index (χ0v) is 15.6. The average Bonchev–Trinajstić information content (AvgIpc) is 3.14. The predicted molar refractivity (Wildman–Crippen MR) is 108 cm³/mol. The number of rotatable bonds is 6. The van der Waals surface area contributed by atoms with Crippen LogP contribution in [-0.4, -0.2) is 40.9 Å². The molecule has 0 radical (unpaired) electrons. The van der Waals surface area contributed by atoms with E-state index >= 15 is 0 Å². The Morgan fingerprint density at radius 1 is 1.11 bits per heavy atom. The molecule has 0 amide bonds. The maximum Gasteiger partial charge on any atom is 0.340 e. The number of anilines is 1. The van der Waals surface area contributed by atoms with Crippen molar-refractivity contribution in [1.29, 1.82) is 0 Å². The second kappa shape index (κ2) is 8.39. The van der Waals surface area contributed by atoms with Gasteiger partial charge in [0.2, 0.25) is 0 Å². The van der Waals surface area contributed by atoms with Gasteiger partial charge < -0.3 is 10.2 Å². The molecule has 7 heteroatoms. The lowest BCUT2D eigenvalue weighted by Gasteiger charge is -2.34. The third kappa shape index (κ3) is 4.48. The van der Waals surface area contributed by atoms with Gasteiger partial charge in [-0.05, 0) is 48.2 Å². The number of hydrogen-bond donors (Lipinski definition) is 3. The van der Waals surface area contributed by atoms with Crippen LogP contribution in [0, 0.1) is 5.82 Å². The number of nitrogens with zero attached hydrogens (tertiary/aromatic N) is 2. The molecule has 3 N–H and O–H groups in total. The number of benzene rings is 2. The van der Waals surface area contributed by atoms with Gasteiger partial charge in [-0.15, -0.1) is 0 Å². The second-order valence-corrected chi connectivity index (χ2v) is 7.15. The Morgan fingerprint density at radius 2 is 1.86 bits per heavy atom. The highest BCUT2D eigenvalue weighted by Gasteiger charge is 2.19. The van der Waals surface area contributed by atoms with E-state index < -0.39 is 0 Å². The van der Waals surface area contributed by atoms with Crippen LogP contribution in [0.4, 0.5) is 10.1 Å². The van der Waals surface area contributed by atoms with Crippen LogP contribution in [0.5, 0.6) is 0 Å². The fraction of sp³-hybridized carbons (Fsp3) is 0.333. The lowest BCUT2D eigenvalue weighted by Crippen LogP contribution is -2.43. The Kier molecular flexibility index (Phi) is 5.53. The third-order valence-corrected chi connectivity index (χ3v) is 5.21. The van der Waals surface area contributed by atoms with E-state index in [1.165, 1.54) is 11.8 Å². The number of halogens is 1. The maximum absolute atomic E-state index is 13.5. The van der Waals surface area contributed by atoms with Crippen LogP contribution >= 0.6 is 0 Å². The van der Waals surface area contributed by atoms with Gasteiger partial charge in [0.05, 0.1) is 0 Å². The molecule has 146 valence electrons. The summed E-state index contributed by atoms with van der Waals surface area (Å²) in [6, 6.07) is 15.5. The smallest absolute Gasteiger partial charge is 0.340 e. The van der Waals surface area contributed by atoms with E-state index in [4.69, 9.17) is 0 Å². The normalized spacial score (nSPS) is 15.1. The molecule has 1 aliphatic heterocycles. The summed E-state index contributed by atoms with van der Waals surface area (Å²) < 4.78 is 13.5. The van der Waals surface area contributed by atoms with E-state index in [0.717, 1.165) is 43.6 Å². The molecule has 0 aliphatic carbocycles. The van der Waals surface area contributed by atoms with E-state index in [2.05, 4.69) is 37.5 Å². The minimum absolute atomic E-state index is 0.214. The molecule has 6 nitrogen and oxygen atoms in total. The van der Waals surface area contributed by atoms with Crippen LogP contribution in [0.15, 0.2) is 53.3 Å². The molecule has 1 fully saturated rings. The van der Waals surface area contributed by atoms with Gasteiger partial charge in [0.15, 0.2) is 0 Å². The Hall–Kier alpha value is -2.93.